The van der Waals surface area contributed by atoms with Crippen molar-refractivity contribution in [2.75, 3.05) is 5.32 Å². The van der Waals surface area contributed by atoms with Crippen molar-refractivity contribution in [2.24, 2.45) is 5.92 Å². The Morgan fingerprint density at radius 3 is 3.08 bits per heavy atom. The zero-order valence-corrected chi connectivity index (χ0v) is 13.5. The van der Waals surface area contributed by atoms with E-state index in [-0.39, 0.29) is 11.6 Å². The van der Waals surface area contributed by atoms with Gasteiger partial charge in [0.05, 0.1) is 5.69 Å². The zero-order valence-electron chi connectivity index (χ0n) is 13.5. The molecule has 0 saturated carbocycles. The van der Waals surface area contributed by atoms with Gasteiger partial charge in [-0.2, -0.15) is 0 Å². The summed E-state index contributed by atoms with van der Waals surface area (Å²) in [5, 5.41) is 7.38. The minimum Gasteiger partial charge on any atom is -0.451 e. The molecule has 1 unspecified atom stereocenters. The Balaban J connectivity index is 1.66. The molecule has 2 aromatic heterocycles. The maximum absolute atomic E-state index is 13.4. The fraction of sp³-hybridized carbons (Fsp3) is 0.333. The fourth-order valence-corrected chi connectivity index (χ4v) is 3.25. The van der Waals surface area contributed by atoms with Gasteiger partial charge in [0.2, 0.25) is 5.88 Å². The molecule has 0 radical (unpaired) electrons. The molecule has 124 valence electrons. The molecule has 6 heteroatoms. The number of fused-ring (bicyclic) bond motifs is 2. The minimum absolute atomic E-state index is 0.157. The van der Waals surface area contributed by atoms with Crippen LogP contribution in [0.25, 0.3) is 11.0 Å². The van der Waals surface area contributed by atoms with Crippen LogP contribution in [-0.2, 0) is 12.8 Å². The van der Waals surface area contributed by atoms with E-state index in [0.717, 1.165) is 30.5 Å². The lowest BCUT2D eigenvalue weighted by molar-refractivity contribution is 0.0994. The Kier molecular flexibility index (Phi) is 3.40. The summed E-state index contributed by atoms with van der Waals surface area (Å²) in [5.74, 6) is 0.290. The molecule has 0 fully saturated rings. The van der Waals surface area contributed by atoms with Gasteiger partial charge in [0.15, 0.2) is 5.76 Å². The predicted octanol–water partition coefficient (Wildman–Crippen LogP) is 4.25. The van der Waals surface area contributed by atoms with Crippen LogP contribution in [0.4, 0.5) is 10.3 Å². The van der Waals surface area contributed by atoms with Crippen molar-refractivity contribution in [3.05, 3.63) is 46.6 Å². The van der Waals surface area contributed by atoms with Gasteiger partial charge in [-0.1, -0.05) is 12.1 Å². The average molecular weight is 328 g/mol. The molecule has 0 saturated heterocycles. The van der Waals surface area contributed by atoms with E-state index in [2.05, 4.69) is 17.4 Å². The highest BCUT2D eigenvalue weighted by Gasteiger charge is 2.26. The van der Waals surface area contributed by atoms with Crippen molar-refractivity contribution >= 4 is 22.8 Å². The zero-order chi connectivity index (χ0) is 16.8. The van der Waals surface area contributed by atoms with Gasteiger partial charge < -0.3 is 8.94 Å². The highest BCUT2D eigenvalue weighted by Crippen LogP contribution is 2.32. The van der Waals surface area contributed by atoms with Gasteiger partial charge in [-0.25, -0.2) is 4.39 Å². The van der Waals surface area contributed by atoms with Crippen LogP contribution < -0.4 is 5.32 Å². The van der Waals surface area contributed by atoms with Gasteiger partial charge in [0, 0.05) is 16.5 Å². The number of nitrogens with zero attached hydrogens (tertiary/aromatic N) is 1. The summed E-state index contributed by atoms with van der Waals surface area (Å²) in [7, 11) is 0. The number of hydrogen-bond acceptors (Lipinski definition) is 4. The number of aromatic nitrogens is 1. The van der Waals surface area contributed by atoms with Crippen LogP contribution in [0.2, 0.25) is 0 Å². The van der Waals surface area contributed by atoms with E-state index in [4.69, 9.17) is 8.94 Å². The normalized spacial score (nSPS) is 17.0. The first-order chi connectivity index (χ1) is 11.5. The third kappa shape index (κ3) is 2.38. The summed E-state index contributed by atoms with van der Waals surface area (Å²) in [6.45, 7) is 3.90. The summed E-state index contributed by atoms with van der Waals surface area (Å²) in [6, 6.07) is 4.19. The number of amides is 1. The van der Waals surface area contributed by atoms with Crippen molar-refractivity contribution in [2.45, 2.75) is 33.1 Å². The van der Waals surface area contributed by atoms with E-state index in [1.165, 1.54) is 18.2 Å². The molecular weight excluding hydrogens is 311 g/mol. The number of nitrogens with one attached hydrogen (secondary N) is 1. The lowest BCUT2D eigenvalue weighted by Gasteiger charge is -2.16. The molecule has 5 nitrogen and oxygen atoms in total. The number of rotatable bonds is 2. The molecule has 4 rings (SSSR count). The van der Waals surface area contributed by atoms with E-state index < -0.39 is 5.91 Å². The number of carbonyl (C=O) groups is 1. The van der Waals surface area contributed by atoms with Crippen molar-refractivity contribution < 1.29 is 18.1 Å². The number of furan rings is 1. The monoisotopic (exact) mass is 328 g/mol. The van der Waals surface area contributed by atoms with Crippen molar-refractivity contribution in [1.29, 1.82) is 0 Å². The molecule has 2 heterocycles. The summed E-state index contributed by atoms with van der Waals surface area (Å²) >= 11 is 0. The smallest absolute Gasteiger partial charge is 0.294 e. The fourth-order valence-electron chi connectivity index (χ4n) is 3.25. The Bertz CT molecular complexity index is 941. The maximum Gasteiger partial charge on any atom is 0.294 e. The lowest BCUT2D eigenvalue weighted by atomic mass is 9.89. The lowest BCUT2D eigenvalue weighted by Crippen LogP contribution is -2.16. The molecule has 0 aliphatic heterocycles. The quantitative estimate of drug-likeness (QED) is 0.764. The molecule has 1 aromatic carbocycles. The largest absolute Gasteiger partial charge is 0.451 e. The Hall–Kier alpha value is -2.63. The summed E-state index contributed by atoms with van der Waals surface area (Å²) in [6.07, 6.45) is 2.76. The Labute approximate surface area is 137 Å². The van der Waals surface area contributed by atoms with Crippen LogP contribution in [0.3, 0.4) is 0 Å². The van der Waals surface area contributed by atoms with Crippen LogP contribution >= 0.6 is 0 Å². The number of hydrogen-bond donors (Lipinski definition) is 1. The molecule has 3 aromatic rings. The number of anilines is 1. The standard InChI is InChI=1S/C18H17FN2O3/c1-9-3-5-14-13(7-9)18(24-21-14)20-17(22)16-10(2)12-8-11(19)4-6-15(12)23-16/h4,6,8-9H,3,5,7H2,1-2H3,(H,20,22). The van der Waals surface area contributed by atoms with Gasteiger partial charge in [0.1, 0.15) is 11.4 Å². The molecule has 1 aliphatic carbocycles. The molecule has 0 spiro atoms. The van der Waals surface area contributed by atoms with E-state index in [0.29, 0.717) is 28.3 Å². The third-order valence-corrected chi connectivity index (χ3v) is 4.63. The number of aryl methyl sites for hydroxylation is 2. The second-order valence-corrected chi connectivity index (χ2v) is 6.44. The van der Waals surface area contributed by atoms with Gasteiger partial charge >= 0.3 is 0 Å². The van der Waals surface area contributed by atoms with Crippen LogP contribution in [-0.4, -0.2) is 11.1 Å². The Morgan fingerprint density at radius 2 is 2.25 bits per heavy atom. The van der Waals surface area contributed by atoms with Crippen LogP contribution in [0.5, 0.6) is 0 Å². The molecule has 0 bridgehead atoms. The van der Waals surface area contributed by atoms with Crippen molar-refractivity contribution in [1.82, 2.24) is 5.16 Å². The first-order valence-corrected chi connectivity index (χ1v) is 8.00. The molecule has 24 heavy (non-hydrogen) atoms. The molecule has 1 N–H and O–H groups in total. The highest BCUT2D eigenvalue weighted by atomic mass is 19.1. The molecule has 1 atom stereocenters. The van der Waals surface area contributed by atoms with Gasteiger partial charge in [-0.3, -0.25) is 10.1 Å². The van der Waals surface area contributed by atoms with Crippen LogP contribution in [0, 0.1) is 18.7 Å². The van der Waals surface area contributed by atoms with Crippen LogP contribution in [0.15, 0.2) is 27.1 Å². The van der Waals surface area contributed by atoms with E-state index in [1.54, 1.807) is 6.92 Å². The predicted molar refractivity (Wildman–Crippen MR) is 86.6 cm³/mol. The number of carbonyl (C=O) groups excluding carboxylic acids is 1. The Morgan fingerprint density at radius 1 is 1.42 bits per heavy atom. The van der Waals surface area contributed by atoms with Gasteiger partial charge in [-0.05, 0) is 50.3 Å². The summed E-state index contributed by atoms with van der Waals surface area (Å²) < 4.78 is 24.3. The minimum atomic E-state index is -0.415. The molecule has 1 aliphatic rings. The third-order valence-electron chi connectivity index (χ3n) is 4.63. The second-order valence-electron chi connectivity index (χ2n) is 6.44. The van der Waals surface area contributed by atoms with Crippen molar-refractivity contribution in [3.8, 4) is 0 Å². The van der Waals surface area contributed by atoms with Gasteiger partial charge in [-0.15, -0.1) is 0 Å². The molecular formula is C18H17FN2O3. The van der Waals surface area contributed by atoms with E-state index in [9.17, 15) is 9.18 Å². The van der Waals surface area contributed by atoms with Gasteiger partial charge in [0.25, 0.3) is 5.91 Å². The second kappa shape index (κ2) is 5.47. The average Bonchev–Trinajstić information content (AvgIpc) is 3.09. The summed E-state index contributed by atoms with van der Waals surface area (Å²) in [4.78, 5) is 12.6. The van der Waals surface area contributed by atoms with Crippen LogP contribution in [0.1, 0.15) is 40.7 Å². The first-order valence-electron chi connectivity index (χ1n) is 8.00. The number of benzene rings is 1. The number of halogens is 1. The highest BCUT2D eigenvalue weighted by molar-refractivity contribution is 6.06. The van der Waals surface area contributed by atoms with E-state index >= 15 is 0 Å². The first kappa shape index (κ1) is 14.9. The maximum atomic E-state index is 13.4. The topological polar surface area (TPSA) is 68.3 Å². The van der Waals surface area contributed by atoms with E-state index in [1.807, 2.05) is 0 Å². The van der Waals surface area contributed by atoms with Crippen molar-refractivity contribution in [3.63, 3.8) is 0 Å². The summed E-state index contributed by atoms with van der Waals surface area (Å²) in [5.41, 5.74) is 2.95. The SMILES string of the molecule is Cc1c(C(=O)Nc2onc3c2CC(C)CC3)oc2ccc(F)cc12. The molecule has 1 amide bonds.